The second kappa shape index (κ2) is 7.63. The highest BCUT2D eigenvalue weighted by Crippen LogP contribution is 2.22. The average molecular weight is 353 g/mol. The van der Waals surface area contributed by atoms with Gasteiger partial charge in [-0.2, -0.15) is 4.31 Å². The fraction of sp³-hybridized carbons (Fsp3) is 0.588. The van der Waals surface area contributed by atoms with Gasteiger partial charge in [-0.15, -0.1) is 0 Å². The number of nitrogens with one attached hydrogen (secondary N) is 1. The fourth-order valence-corrected chi connectivity index (χ4v) is 4.70. The number of benzene rings is 1. The fourth-order valence-electron chi connectivity index (χ4n) is 2.91. The third-order valence-corrected chi connectivity index (χ3v) is 6.44. The molecule has 1 aliphatic heterocycles. The Kier molecular flexibility index (Phi) is 6.01. The van der Waals surface area contributed by atoms with Crippen molar-refractivity contribution in [3.05, 3.63) is 29.3 Å². The van der Waals surface area contributed by atoms with Gasteiger partial charge in [0, 0.05) is 32.2 Å². The Bertz CT molecular complexity index is 695. The highest BCUT2D eigenvalue weighted by atomic mass is 32.2. The second-order valence-corrected chi connectivity index (χ2v) is 8.40. The average Bonchev–Trinajstić information content (AvgIpc) is 2.52. The molecule has 1 N–H and O–H groups in total. The molecule has 1 aliphatic rings. The van der Waals surface area contributed by atoms with Gasteiger partial charge in [-0.25, -0.2) is 8.42 Å². The molecule has 0 unspecified atom stereocenters. The van der Waals surface area contributed by atoms with Crippen LogP contribution in [-0.2, 0) is 14.8 Å². The van der Waals surface area contributed by atoms with Gasteiger partial charge in [-0.05, 0) is 39.3 Å². The van der Waals surface area contributed by atoms with Crippen LogP contribution in [0.4, 0.5) is 0 Å². The third-order valence-electron chi connectivity index (χ3n) is 4.25. The number of amides is 1. The van der Waals surface area contributed by atoms with E-state index in [1.807, 2.05) is 13.0 Å². The molecule has 1 heterocycles. The van der Waals surface area contributed by atoms with Gasteiger partial charge in [-0.3, -0.25) is 4.79 Å². The molecule has 0 aromatic heterocycles. The van der Waals surface area contributed by atoms with Crippen LogP contribution in [-0.4, -0.2) is 62.3 Å². The predicted molar refractivity (Wildman–Crippen MR) is 94.4 cm³/mol. The molecular weight excluding hydrogens is 326 g/mol. The summed E-state index contributed by atoms with van der Waals surface area (Å²) in [5.41, 5.74) is 1.72. The van der Waals surface area contributed by atoms with Crippen molar-refractivity contribution in [2.24, 2.45) is 0 Å². The number of piperazine rings is 1. The summed E-state index contributed by atoms with van der Waals surface area (Å²) in [6.45, 7) is 9.93. The van der Waals surface area contributed by atoms with Gasteiger partial charge in [-0.1, -0.05) is 17.7 Å². The number of sulfonamides is 1. The Morgan fingerprint density at radius 3 is 2.42 bits per heavy atom. The SMILES string of the molecule is Cc1ccc(S(=O)(=O)N(CC(=O)N2CCNCC2)C(C)C)c(C)c1. The molecular formula is C17H27N3O3S. The minimum atomic E-state index is -3.71. The summed E-state index contributed by atoms with van der Waals surface area (Å²) >= 11 is 0. The highest BCUT2D eigenvalue weighted by molar-refractivity contribution is 7.89. The number of carbonyl (C=O) groups is 1. The van der Waals surface area contributed by atoms with Crippen LogP contribution in [0.1, 0.15) is 25.0 Å². The van der Waals surface area contributed by atoms with E-state index in [-0.39, 0.29) is 23.4 Å². The number of rotatable bonds is 5. The first-order chi connectivity index (χ1) is 11.2. The molecule has 0 spiro atoms. The summed E-state index contributed by atoms with van der Waals surface area (Å²) in [7, 11) is -3.71. The minimum absolute atomic E-state index is 0.118. The lowest BCUT2D eigenvalue weighted by atomic mass is 10.2. The van der Waals surface area contributed by atoms with Gasteiger partial charge in [0.25, 0.3) is 0 Å². The van der Waals surface area contributed by atoms with Crippen molar-refractivity contribution in [2.75, 3.05) is 32.7 Å². The Morgan fingerprint density at radius 2 is 1.88 bits per heavy atom. The predicted octanol–water partition coefficient (Wildman–Crippen LogP) is 1.13. The molecule has 0 atom stereocenters. The maximum Gasteiger partial charge on any atom is 0.244 e. The van der Waals surface area contributed by atoms with E-state index in [2.05, 4.69) is 5.32 Å². The molecule has 6 nitrogen and oxygen atoms in total. The summed E-state index contributed by atoms with van der Waals surface area (Å²) in [5, 5.41) is 3.19. The maximum absolute atomic E-state index is 13.1. The van der Waals surface area contributed by atoms with Crippen molar-refractivity contribution in [3.8, 4) is 0 Å². The summed E-state index contributed by atoms with van der Waals surface area (Å²) in [4.78, 5) is 14.5. The molecule has 0 radical (unpaired) electrons. The molecule has 1 amide bonds. The molecule has 0 bridgehead atoms. The molecule has 0 saturated carbocycles. The van der Waals surface area contributed by atoms with E-state index < -0.39 is 10.0 Å². The van der Waals surface area contributed by atoms with E-state index >= 15 is 0 Å². The molecule has 7 heteroatoms. The van der Waals surface area contributed by atoms with E-state index in [9.17, 15) is 13.2 Å². The van der Waals surface area contributed by atoms with Gasteiger partial charge in [0.15, 0.2) is 0 Å². The van der Waals surface area contributed by atoms with Gasteiger partial charge in [0.05, 0.1) is 11.4 Å². The number of aryl methyl sites for hydroxylation is 2. The van der Waals surface area contributed by atoms with Gasteiger partial charge < -0.3 is 10.2 Å². The quantitative estimate of drug-likeness (QED) is 0.862. The zero-order valence-electron chi connectivity index (χ0n) is 14.9. The lowest BCUT2D eigenvalue weighted by molar-refractivity contribution is -0.132. The van der Waals surface area contributed by atoms with Crippen LogP contribution in [0.2, 0.25) is 0 Å². The molecule has 1 aromatic rings. The van der Waals surface area contributed by atoms with Crippen LogP contribution in [0.5, 0.6) is 0 Å². The summed E-state index contributed by atoms with van der Waals surface area (Å²) in [5.74, 6) is -0.140. The lowest BCUT2D eigenvalue weighted by Crippen LogP contribution is -2.51. The Labute approximate surface area is 144 Å². The molecule has 1 fully saturated rings. The van der Waals surface area contributed by atoms with E-state index in [1.165, 1.54) is 4.31 Å². The summed E-state index contributed by atoms with van der Waals surface area (Å²) < 4.78 is 27.4. The molecule has 134 valence electrons. The zero-order chi connectivity index (χ0) is 17.9. The van der Waals surface area contributed by atoms with Crippen molar-refractivity contribution in [2.45, 2.75) is 38.6 Å². The first-order valence-corrected chi connectivity index (χ1v) is 9.75. The van der Waals surface area contributed by atoms with E-state index in [1.54, 1.807) is 37.8 Å². The number of hydrogen-bond acceptors (Lipinski definition) is 4. The maximum atomic E-state index is 13.1. The van der Waals surface area contributed by atoms with Gasteiger partial charge in [0.2, 0.25) is 15.9 Å². The number of nitrogens with zero attached hydrogens (tertiary/aromatic N) is 2. The van der Waals surface area contributed by atoms with Crippen LogP contribution in [0.15, 0.2) is 23.1 Å². The van der Waals surface area contributed by atoms with Crippen LogP contribution in [0.25, 0.3) is 0 Å². The third kappa shape index (κ3) is 4.15. The van der Waals surface area contributed by atoms with Crippen LogP contribution in [0.3, 0.4) is 0 Å². The van der Waals surface area contributed by atoms with Gasteiger partial charge >= 0.3 is 0 Å². The van der Waals surface area contributed by atoms with Crippen molar-refractivity contribution >= 4 is 15.9 Å². The Morgan fingerprint density at radius 1 is 1.25 bits per heavy atom. The minimum Gasteiger partial charge on any atom is -0.339 e. The van der Waals surface area contributed by atoms with Crippen LogP contribution in [0, 0.1) is 13.8 Å². The lowest BCUT2D eigenvalue weighted by Gasteiger charge is -2.31. The molecule has 1 aromatic carbocycles. The topological polar surface area (TPSA) is 69.7 Å². The van der Waals surface area contributed by atoms with E-state index in [0.717, 1.165) is 18.7 Å². The molecule has 0 aliphatic carbocycles. The summed E-state index contributed by atoms with van der Waals surface area (Å²) in [6, 6.07) is 4.98. The largest absolute Gasteiger partial charge is 0.339 e. The standard InChI is InChI=1S/C17H27N3O3S/c1-13(2)20(12-17(21)19-9-7-18-8-10-19)24(22,23)16-6-5-14(3)11-15(16)4/h5-6,11,13,18H,7-10,12H2,1-4H3. The molecule has 2 rings (SSSR count). The molecule has 24 heavy (non-hydrogen) atoms. The van der Waals surface area contributed by atoms with Crippen molar-refractivity contribution < 1.29 is 13.2 Å². The zero-order valence-corrected chi connectivity index (χ0v) is 15.7. The Balaban J connectivity index is 2.26. The van der Waals surface area contributed by atoms with Crippen LogP contribution < -0.4 is 5.32 Å². The van der Waals surface area contributed by atoms with E-state index in [4.69, 9.17) is 0 Å². The Hall–Kier alpha value is -1.44. The number of hydrogen-bond donors (Lipinski definition) is 1. The summed E-state index contributed by atoms with van der Waals surface area (Å²) in [6.07, 6.45) is 0. The van der Waals surface area contributed by atoms with E-state index in [0.29, 0.717) is 18.7 Å². The van der Waals surface area contributed by atoms with Gasteiger partial charge in [0.1, 0.15) is 0 Å². The first-order valence-electron chi connectivity index (χ1n) is 8.31. The number of carbonyl (C=O) groups excluding carboxylic acids is 1. The second-order valence-electron chi connectivity index (χ2n) is 6.54. The highest BCUT2D eigenvalue weighted by Gasteiger charge is 2.31. The molecule has 1 saturated heterocycles. The van der Waals surface area contributed by atoms with Crippen molar-refractivity contribution in [3.63, 3.8) is 0 Å². The van der Waals surface area contributed by atoms with Crippen molar-refractivity contribution in [1.82, 2.24) is 14.5 Å². The van der Waals surface area contributed by atoms with Crippen LogP contribution >= 0.6 is 0 Å². The smallest absolute Gasteiger partial charge is 0.244 e. The first kappa shape index (κ1) is 18.9. The van der Waals surface area contributed by atoms with Crippen molar-refractivity contribution in [1.29, 1.82) is 0 Å². The normalized spacial score (nSPS) is 16.0. The monoisotopic (exact) mass is 353 g/mol.